The number of thioether (sulfide) groups is 1. The van der Waals surface area contributed by atoms with Gasteiger partial charge in [-0.1, -0.05) is 19.8 Å². The summed E-state index contributed by atoms with van der Waals surface area (Å²) in [5, 5.41) is 3.10. The molecule has 2 aromatic rings. The minimum absolute atomic E-state index is 0.749. The van der Waals surface area contributed by atoms with Gasteiger partial charge in [0.05, 0.1) is 0 Å². The van der Waals surface area contributed by atoms with Gasteiger partial charge in [-0.25, -0.2) is 0 Å². The molecule has 1 aromatic carbocycles. The summed E-state index contributed by atoms with van der Waals surface area (Å²) in [5.74, 6) is 0.865. The molecule has 1 fully saturated rings. The third-order valence-electron chi connectivity index (χ3n) is 4.21. The number of pyridine rings is 1. The Morgan fingerprint density at radius 1 is 1.25 bits per heavy atom. The van der Waals surface area contributed by atoms with Gasteiger partial charge in [0.2, 0.25) is 0 Å². The van der Waals surface area contributed by atoms with Gasteiger partial charge in [0, 0.05) is 38.5 Å². The number of aromatic nitrogens is 1. The smallest absolute Gasteiger partial charge is 0.0410 e. The molecule has 2 unspecified atom stereocenters. The molecule has 1 saturated carbocycles. The maximum Gasteiger partial charge on any atom is 0.0410 e. The molecule has 0 aliphatic heterocycles. The van der Waals surface area contributed by atoms with Crippen LogP contribution in [0.25, 0.3) is 10.8 Å². The summed E-state index contributed by atoms with van der Waals surface area (Å²) in [5.41, 5.74) is 7.97. The first-order chi connectivity index (χ1) is 9.63. The topological polar surface area (TPSA) is 38.9 Å². The lowest BCUT2D eigenvalue weighted by Crippen LogP contribution is -2.14. The summed E-state index contributed by atoms with van der Waals surface area (Å²) in [6.07, 6.45) is 7.34. The number of fused-ring (bicyclic) bond motifs is 1. The Morgan fingerprint density at radius 2 is 2.10 bits per heavy atom. The number of hydrogen-bond donors (Lipinski definition) is 1. The summed E-state index contributed by atoms with van der Waals surface area (Å²) in [4.78, 5) is 5.74. The zero-order valence-corrected chi connectivity index (χ0v) is 13.0. The van der Waals surface area contributed by atoms with Crippen molar-refractivity contribution in [1.82, 2.24) is 4.98 Å². The molecule has 0 spiro atoms. The van der Waals surface area contributed by atoms with Gasteiger partial charge in [0.15, 0.2) is 0 Å². The van der Waals surface area contributed by atoms with Crippen molar-refractivity contribution in [2.45, 2.75) is 49.7 Å². The van der Waals surface area contributed by atoms with E-state index in [-0.39, 0.29) is 0 Å². The first-order valence-corrected chi connectivity index (χ1v) is 8.33. The molecule has 1 aliphatic rings. The molecule has 2 N–H and O–H groups in total. The van der Waals surface area contributed by atoms with Crippen LogP contribution in [0.15, 0.2) is 29.3 Å². The highest BCUT2D eigenvalue weighted by Gasteiger charge is 2.20. The number of hydrogen-bond acceptors (Lipinski definition) is 3. The normalized spacial score (nSPS) is 23.1. The Bertz CT molecular complexity index is 624. The molecular weight excluding hydrogens is 264 g/mol. The van der Waals surface area contributed by atoms with Crippen molar-refractivity contribution >= 4 is 28.2 Å². The van der Waals surface area contributed by atoms with Crippen molar-refractivity contribution in [1.29, 1.82) is 0 Å². The minimum atomic E-state index is 0.749. The Labute approximate surface area is 125 Å². The summed E-state index contributed by atoms with van der Waals surface area (Å²) in [6, 6.07) is 6.37. The first kappa shape index (κ1) is 13.7. The second-order valence-electron chi connectivity index (χ2n) is 6.04. The zero-order chi connectivity index (χ0) is 14.1. The highest BCUT2D eigenvalue weighted by Crippen LogP contribution is 2.39. The van der Waals surface area contributed by atoms with E-state index < -0.39 is 0 Å². The fourth-order valence-electron chi connectivity index (χ4n) is 3.11. The van der Waals surface area contributed by atoms with E-state index in [0.29, 0.717) is 0 Å². The molecule has 0 radical (unpaired) electrons. The van der Waals surface area contributed by atoms with Crippen molar-refractivity contribution in [3.05, 3.63) is 30.1 Å². The second kappa shape index (κ2) is 5.65. The average Bonchev–Trinajstić information content (AvgIpc) is 2.42. The molecule has 20 heavy (non-hydrogen) atoms. The van der Waals surface area contributed by atoms with Gasteiger partial charge in [-0.15, -0.1) is 11.8 Å². The van der Waals surface area contributed by atoms with Gasteiger partial charge in [0.1, 0.15) is 0 Å². The van der Waals surface area contributed by atoms with Crippen molar-refractivity contribution in [3.8, 4) is 0 Å². The standard InChI is InChI=1S/C17H22N2S/c1-11-4-3-5-13(8-11)20-17-7-6-16(18)15-10-19-12(2)9-14(15)17/h6-7,9-11,13H,3-5,8,18H2,1-2H3. The summed E-state index contributed by atoms with van der Waals surface area (Å²) >= 11 is 2.03. The van der Waals surface area contributed by atoms with E-state index in [1.54, 1.807) is 0 Å². The number of nitrogens with zero attached hydrogens (tertiary/aromatic N) is 1. The average molecular weight is 286 g/mol. The van der Waals surface area contributed by atoms with Crippen LogP contribution >= 0.6 is 11.8 Å². The van der Waals surface area contributed by atoms with Crippen LogP contribution < -0.4 is 5.73 Å². The van der Waals surface area contributed by atoms with E-state index in [9.17, 15) is 0 Å². The molecule has 1 aliphatic carbocycles. The van der Waals surface area contributed by atoms with E-state index in [2.05, 4.69) is 24.0 Å². The lowest BCUT2D eigenvalue weighted by molar-refractivity contribution is 0.394. The Balaban J connectivity index is 1.95. The van der Waals surface area contributed by atoms with Crippen LogP contribution in [-0.4, -0.2) is 10.2 Å². The van der Waals surface area contributed by atoms with Crippen molar-refractivity contribution in [3.63, 3.8) is 0 Å². The SMILES string of the molecule is Cc1cc2c(SC3CCCC(C)C3)ccc(N)c2cn1. The zero-order valence-electron chi connectivity index (χ0n) is 12.2. The van der Waals surface area contributed by atoms with E-state index >= 15 is 0 Å². The molecule has 3 rings (SSSR count). The number of anilines is 1. The van der Waals surface area contributed by atoms with Crippen molar-refractivity contribution < 1.29 is 0 Å². The maximum atomic E-state index is 6.08. The van der Waals surface area contributed by atoms with Crippen LogP contribution in [0.1, 0.15) is 38.3 Å². The molecular formula is C17H22N2S. The maximum absolute atomic E-state index is 6.08. The fourth-order valence-corrected chi connectivity index (χ4v) is 4.62. The predicted octanol–water partition coefficient (Wildman–Crippen LogP) is 4.80. The van der Waals surface area contributed by atoms with Gasteiger partial charge in [0.25, 0.3) is 0 Å². The Hall–Kier alpha value is -1.22. The van der Waals surface area contributed by atoms with Crippen LogP contribution in [0, 0.1) is 12.8 Å². The van der Waals surface area contributed by atoms with Gasteiger partial charge in [-0.2, -0.15) is 0 Å². The van der Waals surface area contributed by atoms with Gasteiger partial charge in [-0.3, -0.25) is 4.98 Å². The van der Waals surface area contributed by atoms with E-state index in [4.69, 9.17) is 5.73 Å². The van der Waals surface area contributed by atoms with Crippen molar-refractivity contribution in [2.24, 2.45) is 5.92 Å². The van der Waals surface area contributed by atoms with Crippen LogP contribution in [-0.2, 0) is 0 Å². The highest BCUT2D eigenvalue weighted by atomic mass is 32.2. The van der Waals surface area contributed by atoms with Crippen LogP contribution in [0.5, 0.6) is 0 Å². The lowest BCUT2D eigenvalue weighted by atomic mass is 9.91. The number of rotatable bonds is 2. The molecule has 2 nitrogen and oxygen atoms in total. The summed E-state index contributed by atoms with van der Waals surface area (Å²) in [7, 11) is 0. The van der Waals surface area contributed by atoms with Gasteiger partial charge < -0.3 is 5.73 Å². The summed E-state index contributed by atoms with van der Waals surface area (Å²) < 4.78 is 0. The van der Waals surface area contributed by atoms with Crippen LogP contribution in [0.4, 0.5) is 5.69 Å². The second-order valence-corrected chi connectivity index (χ2v) is 7.38. The van der Waals surface area contributed by atoms with Crippen LogP contribution in [0.2, 0.25) is 0 Å². The summed E-state index contributed by atoms with van der Waals surface area (Å²) in [6.45, 7) is 4.42. The molecule has 0 saturated heterocycles. The Morgan fingerprint density at radius 3 is 2.90 bits per heavy atom. The first-order valence-electron chi connectivity index (χ1n) is 7.45. The predicted molar refractivity (Wildman–Crippen MR) is 88.2 cm³/mol. The third kappa shape index (κ3) is 2.78. The third-order valence-corrected chi connectivity index (χ3v) is 5.58. The highest BCUT2D eigenvalue weighted by molar-refractivity contribution is 8.00. The largest absolute Gasteiger partial charge is 0.398 e. The number of nitrogens with two attached hydrogens (primary N) is 1. The van der Waals surface area contributed by atoms with Crippen LogP contribution in [0.3, 0.4) is 0 Å². The fraction of sp³-hybridized carbons (Fsp3) is 0.471. The molecule has 1 heterocycles. The number of nitrogen functional groups attached to an aromatic ring is 1. The molecule has 2 atom stereocenters. The monoisotopic (exact) mass is 286 g/mol. The molecule has 3 heteroatoms. The molecule has 1 aromatic heterocycles. The van der Waals surface area contributed by atoms with E-state index in [1.807, 2.05) is 30.9 Å². The van der Waals surface area contributed by atoms with E-state index in [0.717, 1.165) is 27.9 Å². The molecule has 106 valence electrons. The Kier molecular flexibility index (Phi) is 3.88. The van der Waals surface area contributed by atoms with E-state index in [1.165, 1.54) is 36.0 Å². The van der Waals surface area contributed by atoms with Gasteiger partial charge >= 0.3 is 0 Å². The quantitative estimate of drug-likeness (QED) is 0.806. The molecule has 0 bridgehead atoms. The number of aryl methyl sites for hydroxylation is 1. The minimum Gasteiger partial charge on any atom is -0.398 e. The van der Waals surface area contributed by atoms with Gasteiger partial charge in [-0.05, 0) is 43.9 Å². The lowest BCUT2D eigenvalue weighted by Gasteiger charge is -2.26. The van der Waals surface area contributed by atoms with Crippen molar-refractivity contribution in [2.75, 3.05) is 5.73 Å². The molecule has 0 amide bonds. The number of benzene rings is 1.